The summed E-state index contributed by atoms with van der Waals surface area (Å²) in [6, 6.07) is 6.07. The molecule has 3 heteroatoms. The van der Waals surface area contributed by atoms with E-state index < -0.39 is 0 Å². The number of ether oxygens (including phenoxy) is 2. The zero-order valence-electron chi connectivity index (χ0n) is 11.4. The highest BCUT2D eigenvalue weighted by atomic mass is 16.5. The summed E-state index contributed by atoms with van der Waals surface area (Å²) < 4.78 is 10.5. The quantitative estimate of drug-likeness (QED) is 0.718. The smallest absolute Gasteiger partial charge is 0.161 e. The molecule has 0 saturated heterocycles. The van der Waals surface area contributed by atoms with Crippen LogP contribution in [0.5, 0.6) is 11.5 Å². The van der Waals surface area contributed by atoms with Crippen molar-refractivity contribution in [2.24, 2.45) is 5.92 Å². The van der Waals surface area contributed by atoms with Crippen LogP contribution in [0.1, 0.15) is 31.2 Å². The van der Waals surface area contributed by atoms with Gasteiger partial charge in [0.25, 0.3) is 0 Å². The van der Waals surface area contributed by atoms with Crippen LogP contribution in [0.15, 0.2) is 18.2 Å². The fourth-order valence-electron chi connectivity index (χ4n) is 2.15. The molecule has 1 fully saturated rings. The van der Waals surface area contributed by atoms with Gasteiger partial charge in [0.05, 0.1) is 14.2 Å². The standard InChI is InChI=1S/C15H23NO2/c1-17-14-8-7-13(10-15(14)18-2)11-16-9-3-4-12-5-6-12/h7-8,10,12,16H,3-6,9,11H2,1-2H3. The van der Waals surface area contributed by atoms with Gasteiger partial charge in [-0.15, -0.1) is 0 Å². The molecule has 0 spiro atoms. The van der Waals surface area contributed by atoms with E-state index in [9.17, 15) is 0 Å². The summed E-state index contributed by atoms with van der Waals surface area (Å²) in [5.41, 5.74) is 1.24. The Bertz CT molecular complexity index is 375. The van der Waals surface area contributed by atoms with E-state index >= 15 is 0 Å². The molecule has 3 nitrogen and oxygen atoms in total. The number of hydrogen-bond acceptors (Lipinski definition) is 3. The van der Waals surface area contributed by atoms with Crippen LogP contribution in [-0.2, 0) is 6.54 Å². The summed E-state index contributed by atoms with van der Waals surface area (Å²) in [6.07, 6.45) is 5.59. The lowest BCUT2D eigenvalue weighted by Gasteiger charge is -2.10. The van der Waals surface area contributed by atoms with Crippen LogP contribution in [0.3, 0.4) is 0 Å². The average molecular weight is 249 g/mol. The Kier molecular flexibility index (Phi) is 4.88. The van der Waals surface area contributed by atoms with Crippen molar-refractivity contribution in [3.8, 4) is 11.5 Å². The third-order valence-electron chi connectivity index (χ3n) is 3.44. The molecule has 1 N–H and O–H groups in total. The molecule has 0 aromatic heterocycles. The molecule has 0 amide bonds. The molecule has 18 heavy (non-hydrogen) atoms. The maximum atomic E-state index is 5.29. The predicted octanol–water partition coefficient (Wildman–Crippen LogP) is 2.98. The fraction of sp³-hybridized carbons (Fsp3) is 0.600. The van der Waals surface area contributed by atoms with Crippen molar-refractivity contribution >= 4 is 0 Å². The number of benzene rings is 1. The molecule has 1 aromatic rings. The molecule has 100 valence electrons. The highest BCUT2D eigenvalue weighted by molar-refractivity contribution is 5.42. The SMILES string of the molecule is COc1ccc(CNCCCC2CC2)cc1OC. The van der Waals surface area contributed by atoms with Gasteiger partial charge in [-0.3, -0.25) is 0 Å². The molecule has 1 aromatic carbocycles. The van der Waals surface area contributed by atoms with Crippen LogP contribution in [0.2, 0.25) is 0 Å². The predicted molar refractivity (Wildman–Crippen MR) is 73.2 cm³/mol. The third-order valence-corrected chi connectivity index (χ3v) is 3.44. The summed E-state index contributed by atoms with van der Waals surface area (Å²) in [5, 5.41) is 3.48. The Morgan fingerprint density at radius 2 is 1.94 bits per heavy atom. The summed E-state index contributed by atoms with van der Waals surface area (Å²) in [6.45, 7) is 2.00. The molecule has 0 aliphatic heterocycles. The third kappa shape index (κ3) is 3.91. The van der Waals surface area contributed by atoms with Gasteiger partial charge in [0.1, 0.15) is 0 Å². The van der Waals surface area contributed by atoms with Crippen molar-refractivity contribution in [3.63, 3.8) is 0 Å². The van der Waals surface area contributed by atoms with Crippen LogP contribution < -0.4 is 14.8 Å². The summed E-state index contributed by atoms with van der Waals surface area (Å²) in [7, 11) is 3.33. The Labute approximate surface area is 109 Å². The minimum Gasteiger partial charge on any atom is -0.493 e. The van der Waals surface area contributed by atoms with Gasteiger partial charge in [-0.1, -0.05) is 18.9 Å². The van der Waals surface area contributed by atoms with Gasteiger partial charge in [0, 0.05) is 6.54 Å². The van der Waals surface area contributed by atoms with E-state index in [0.717, 1.165) is 30.5 Å². The van der Waals surface area contributed by atoms with Crippen LogP contribution in [0.25, 0.3) is 0 Å². The number of nitrogens with one attached hydrogen (secondary N) is 1. The fourth-order valence-corrected chi connectivity index (χ4v) is 2.15. The highest BCUT2D eigenvalue weighted by Gasteiger charge is 2.19. The molecule has 0 radical (unpaired) electrons. The zero-order valence-corrected chi connectivity index (χ0v) is 11.4. The molecule has 1 aliphatic rings. The second-order valence-corrected chi connectivity index (χ2v) is 4.95. The van der Waals surface area contributed by atoms with E-state index in [4.69, 9.17) is 9.47 Å². The van der Waals surface area contributed by atoms with E-state index in [1.807, 2.05) is 12.1 Å². The molecule has 0 bridgehead atoms. The lowest BCUT2D eigenvalue weighted by Crippen LogP contribution is -2.14. The van der Waals surface area contributed by atoms with E-state index in [1.165, 1.54) is 31.2 Å². The van der Waals surface area contributed by atoms with E-state index in [-0.39, 0.29) is 0 Å². The molecule has 2 rings (SSSR count). The Balaban J connectivity index is 1.73. The lowest BCUT2D eigenvalue weighted by atomic mass is 10.2. The van der Waals surface area contributed by atoms with E-state index in [0.29, 0.717) is 0 Å². The molecule has 0 heterocycles. The maximum absolute atomic E-state index is 5.29. The largest absolute Gasteiger partial charge is 0.493 e. The van der Waals surface area contributed by atoms with Crippen LogP contribution >= 0.6 is 0 Å². The topological polar surface area (TPSA) is 30.5 Å². The highest BCUT2D eigenvalue weighted by Crippen LogP contribution is 2.33. The van der Waals surface area contributed by atoms with Crippen LogP contribution in [0.4, 0.5) is 0 Å². The van der Waals surface area contributed by atoms with Crippen molar-refractivity contribution in [3.05, 3.63) is 23.8 Å². The van der Waals surface area contributed by atoms with Gasteiger partial charge in [-0.25, -0.2) is 0 Å². The van der Waals surface area contributed by atoms with Crippen LogP contribution in [0, 0.1) is 5.92 Å². The molecule has 1 aliphatic carbocycles. The minimum atomic E-state index is 0.787. The first-order valence-corrected chi connectivity index (χ1v) is 6.75. The first kappa shape index (κ1) is 13.2. The molecule has 1 saturated carbocycles. The van der Waals surface area contributed by atoms with Gasteiger partial charge in [0.15, 0.2) is 11.5 Å². The van der Waals surface area contributed by atoms with Crippen molar-refractivity contribution in [2.75, 3.05) is 20.8 Å². The zero-order chi connectivity index (χ0) is 12.8. The van der Waals surface area contributed by atoms with E-state index in [2.05, 4.69) is 11.4 Å². The Morgan fingerprint density at radius 3 is 2.61 bits per heavy atom. The number of rotatable bonds is 8. The van der Waals surface area contributed by atoms with Crippen LogP contribution in [-0.4, -0.2) is 20.8 Å². The second-order valence-electron chi connectivity index (χ2n) is 4.95. The summed E-state index contributed by atoms with van der Waals surface area (Å²) in [4.78, 5) is 0. The van der Waals surface area contributed by atoms with Crippen molar-refractivity contribution in [2.45, 2.75) is 32.2 Å². The summed E-state index contributed by atoms with van der Waals surface area (Å²) >= 11 is 0. The Morgan fingerprint density at radius 1 is 1.17 bits per heavy atom. The minimum absolute atomic E-state index is 0.787. The van der Waals surface area contributed by atoms with Crippen molar-refractivity contribution in [1.29, 1.82) is 0 Å². The van der Waals surface area contributed by atoms with Gasteiger partial charge in [-0.05, 0) is 43.0 Å². The first-order valence-electron chi connectivity index (χ1n) is 6.75. The normalized spacial score (nSPS) is 14.6. The summed E-state index contributed by atoms with van der Waals surface area (Å²) in [5.74, 6) is 2.62. The Hall–Kier alpha value is -1.22. The maximum Gasteiger partial charge on any atom is 0.161 e. The second kappa shape index (κ2) is 6.64. The monoisotopic (exact) mass is 249 g/mol. The van der Waals surface area contributed by atoms with Crippen molar-refractivity contribution < 1.29 is 9.47 Å². The first-order chi connectivity index (χ1) is 8.83. The molecule has 0 unspecified atom stereocenters. The van der Waals surface area contributed by atoms with Crippen molar-refractivity contribution in [1.82, 2.24) is 5.32 Å². The molecular weight excluding hydrogens is 226 g/mol. The van der Waals surface area contributed by atoms with Gasteiger partial charge in [0.2, 0.25) is 0 Å². The van der Waals surface area contributed by atoms with Gasteiger partial charge < -0.3 is 14.8 Å². The lowest BCUT2D eigenvalue weighted by molar-refractivity contribution is 0.354. The van der Waals surface area contributed by atoms with E-state index in [1.54, 1.807) is 14.2 Å². The van der Waals surface area contributed by atoms with Gasteiger partial charge >= 0.3 is 0 Å². The number of methoxy groups -OCH3 is 2. The molecular formula is C15H23NO2. The molecule has 0 atom stereocenters. The average Bonchev–Trinajstić information content (AvgIpc) is 3.22. The van der Waals surface area contributed by atoms with Gasteiger partial charge in [-0.2, -0.15) is 0 Å². The number of hydrogen-bond donors (Lipinski definition) is 1.